The minimum atomic E-state index is -3.77. The lowest BCUT2D eigenvalue weighted by atomic mass is 9.97. The Labute approximate surface area is 364 Å². The molecule has 0 amide bonds. The normalized spacial score (nSPS) is 14.0. The molecule has 324 valence electrons. The Hall–Kier alpha value is -6.16. The maximum atomic E-state index is 13.3. The number of nitrogens with zero attached hydrogens (tertiary/aromatic N) is 8. The van der Waals surface area contributed by atoms with Crippen molar-refractivity contribution in [3.8, 4) is 22.3 Å². The molecule has 13 nitrogen and oxygen atoms in total. The molecule has 2 aliphatic carbocycles. The summed E-state index contributed by atoms with van der Waals surface area (Å²) in [4.78, 5) is 9.70. The Morgan fingerprint density at radius 1 is 0.597 bits per heavy atom. The summed E-state index contributed by atoms with van der Waals surface area (Å²) in [5.74, 6) is 0.503. The second-order valence-electron chi connectivity index (χ2n) is 15.0. The van der Waals surface area contributed by atoms with Gasteiger partial charge in [-0.1, -0.05) is 70.2 Å². The summed E-state index contributed by atoms with van der Waals surface area (Å²) in [6, 6.07) is 21.1. The molecule has 2 aromatic carbocycles. The molecular formula is C47H54N8O5S2. The zero-order chi connectivity index (χ0) is 42.0. The van der Waals surface area contributed by atoms with Crippen LogP contribution in [-0.4, -0.2) is 66.5 Å². The van der Waals surface area contributed by atoms with E-state index in [9.17, 15) is 16.8 Å². The second-order valence-corrected chi connectivity index (χ2v) is 18.6. The molecule has 62 heavy (non-hydrogen) atoms. The average molecular weight is 875 g/mol. The number of aryl methyl sites for hydroxylation is 2. The molecule has 15 heteroatoms. The molecule has 2 aliphatic rings. The van der Waals surface area contributed by atoms with Gasteiger partial charge in [0.25, 0.3) is 20.0 Å². The maximum absolute atomic E-state index is 13.3. The average Bonchev–Trinajstić information content (AvgIpc) is 4.14. The Balaban J connectivity index is 0.000000193. The molecule has 0 atom stereocenters. The molecule has 1 fully saturated rings. The van der Waals surface area contributed by atoms with Gasteiger partial charge in [-0.15, -0.1) is 0 Å². The smallest absolute Gasteiger partial charge is 0.269 e. The SMILES string of the molecule is C.C.CO.Cn1cc(-c2cn(S(=O)(=O)c3ccccc3)c3ncc(C4=CCCC4)cc23)cn1.Cn1cc(-c2cn(S(=O)(=O)c3ccccc3)c3ncc(C4CCCC4)cc23)cn1. The fourth-order valence-corrected chi connectivity index (χ4v) is 10.8. The lowest BCUT2D eigenvalue weighted by Gasteiger charge is -2.10. The van der Waals surface area contributed by atoms with Crippen molar-refractivity contribution in [2.45, 2.75) is 75.5 Å². The molecule has 1 saturated carbocycles. The van der Waals surface area contributed by atoms with E-state index in [1.807, 2.05) is 32.7 Å². The lowest BCUT2D eigenvalue weighted by Crippen LogP contribution is -2.12. The van der Waals surface area contributed by atoms with E-state index in [0.717, 1.165) is 65.0 Å². The van der Waals surface area contributed by atoms with Crippen LogP contribution in [0.25, 0.3) is 49.9 Å². The van der Waals surface area contributed by atoms with Gasteiger partial charge in [-0.25, -0.2) is 34.7 Å². The van der Waals surface area contributed by atoms with Crippen molar-refractivity contribution >= 4 is 47.7 Å². The second kappa shape index (κ2) is 18.8. The molecule has 0 bridgehead atoms. The van der Waals surface area contributed by atoms with Gasteiger partial charge in [0.15, 0.2) is 11.3 Å². The standard InChI is InChI=1S/C22H22N4O2S.C22H20N4O2S.CH4O.2CH4/c2*1-25-14-18(13-24-25)21-15-26(29(27,28)19-9-3-2-4-10-19)22-20(21)11-17(12-23-22)16-7-5-6-8-16;1-2;;/h2-4,9-16H,5-8H2,1H3;2-4,7,9-15H,5-6,8H2,1H3;2H,1H3;2*1H4. The van der Waals surface area contributed by atoms with Gasteiger partial charge in [0.05, 0.1) is 22.2 Å². The molecule has 6 heterocycles. The first-order valence-corrected chi connectivity index (χ1v) is 22.7. The number of fused-ring (bicyclic) bond motifs is 2. The summed E-state index contributed by atoms with van der Waals surface area (Å²) in [5, 5.41) is 17.2. The van der Waals surface area contributed by atoms with Crippen molar-refractivity contribution in [2.24, 2.45) is 14.1 Å². The van der Waals surface area contributed by atoms with Gasteiger partial charge in [0.2, 0.25) is 0 Å². The van der Waals surface area contributed by atoms with Crippen molar-refractivity contribution < 1.29 is 21.9 Å². The Kier molecular flexibility index (Phi) is 13.8. The molecular weight excluding hydrogens is 821 g/mol. The molecule has 10 rings (SSSR count). The first-order chi connectivity index (χ1) is 29.1. The molecule has 0 aliphatic heterocycles. The third-order valence-corrected chi connectivity index (χ3v) is 14.4. The Morgan fingerprint density at radius 3 is 1.53 bits per heavy atom. The number of aliphatic hydroxyl groups is 1. The molecule has 6 aromatic heterocycles. The quantitative estimate of drug-likeness (QED) is 0.157. The predicted molar refractivity (Wildman–Crippen MR) is 247 cm³/mol. The third-order valence-electron chi connectivity index (χ3n) is 11.1. The number of allylic oxidation sites excluding steroid dienone is 2. The van der Waals surface area contributed by atoms with Gasteiger partial charge in [0.1, 0.15) is 0 Å². The van der Waals surface area contributed by atoms with Gasteiger partial charge in [-0.05, 0) is 91.1 Å². The summed E-state index contributed by atoms with van der Waals surface area (Å²) >= 11 is 0. The Bertz CT molecular complexity index is 3050. The highest BCUT2D eigenvalue weighted by atomic mass is 32.2. The van der Waals surface area contributed by atoms with Crippen molar-refractivity contribution in [1.82, 2.24) is 37.5 Å². The van der Waals surface area contributed by atoms with Crippen LogP contribution in [-0.2, 0) is 34.1 Å². The van der Waals surface area contributed by atoms with E-state index in [2.05, 4.69) is 38.4 Å². The molecule has 0 unspecified atom stereocenters. The minimum Gasteiger partial charge on any atom is -0.400 e. The van der Waals surface area contributed by atoms with Crippen LogP contribution in [0.15, 0.2) is 138 Å². The molecule has 1 N–H and O–H groups in total. The number of pyridine rings is 2. The Morgan fingerprint density at radius 2 is 1.08 bits per heavy atom. The van der Waals surface area contributed by atoms with Gasteiger partial charge >= 0.3 is 0 Å². The van der Waals surface area contributed by atoms with Crippen LogP contribution in [0.1, 0.15) is 76.8 Å². The van der Waals surface area contributed by atoms with E-state index >= 15 is 0 Å². The number of hydrogen-bond donors (Lipinski definition) is 1. The number of benzene rings is 2. The predicted octanol–water partition coefficient (Wildman–Crippen LogP) is 9.45. The van der Waals surface area contributed by atoms with E-state index in [-0.39, 0.29) is 24.6 Å². The van der Waals surface area contributed by atoms with Gasteiger partial charge in [-0.2, -0.15) is 10.2 Å². The minimum absolute atomic E-state index is 0. The zero-order valence-corrected chi connectivity index (χ0v) is 35.3. The first kappa shape index (κ1) is 45.4. The number of hydrogen-bond acceptors (Lipinski definition) is 9. The number of rotatable bonds is 8. The number of aromatic nitrogens is 8. The fourth-order valence-electron chi connectivity index (χ4n) is 8.13. The van der Waals surface area contributed by atoms with E-state index in [1.165, 1.54) is 44.8 Å². The topological polar surface area (TPSA) is 160 Å². The summed E-state index contributed by atoms with van der Waals surface area (Å²) in [5.41, 5.74) is 7.77. The van der Waals surface area contributed by atoms with E-state index in [0.29, 0.717) is 17.2 Å². The van der Waals surface area contributed by atoms with Crippen molar-refractivity contribution in [1.29, 1.82) is 0 Å². The highest BCUT2D eigenvalue weighted by Crippen LogP contribution is 2.39. The highest BCUT2D eigenvalue weighted by molar-refractivity contribution is 7.90. The van der Waals surface area contributed by atoms with Crippen molar-refractivity contribution in [3.05, 3.63) is 140 Å². The number of aliphatic hydroxyl groups excluding tert-OH is 1. The van der Waals surface area contributed by atoms with Gasteiger partial charge in [-0.3, -0.25) is 9.36 Å². The summed E-state index contributed by atoms with van der Waals surface area (Å²) in [6.07, 6.45) is 24.5. The van der Waals surface area contributed by atoms with E-state index in [4.69, 9.17) is 5.11 Å². The molecule has 0 radical (unpaired) electrons. The molecule has 8 aromatic rings. The first-order valence-electron chi connectivity index (χ1n) is 19.8. The van der Waals surface area contributed by atoms with Gasteiger partial charge < -0.3 is 5.11 Å². The van der Waals surface area contributed by atoms with Crippen molar-refractivity contribution in [2.75, 3.05) is 7.11 Å². The molecule has 0 spiro atoms. The van der Waals surface area contributed by atoms with Crippen molar-refractivity contribution in [3.63, 3.8) is 0 Å². The monoisotopic (exact) mass is 874 g/mol. The van der Waals surface area contributed by atoms with Crippen LogP contribution in [0, 0.1) is 0 Å². The van der Waals surface area contributed by atoms with Gasteiger partial charge in [0, 0.05) is 91.4 Å². The van der Waals surface area contributed by atoms with Crippen LogP contribution < -0.4 is 0 Å². The van der Waals surface area contributed by atoms with Crippen LogP contribution in [0.3, 0.4) is 0 Å². The fraction of sp³-hybridized carbons (Fsp3) is 0.277. The van der Waals surface area contributed by atoms with Crippen LogP contribution in [0.2, 0.25) is 0 Å². The van der Waals surface area contributed by atoms with Crippen LogP contribution in [0.4, 0.5) is 0 Å². The third kappa shape index (κ3) is 8.65. The summed E-state index contributed by atoms with van der Waals surface area (Å²) < 4.78 is 59.4. The highest BCUT2D eigenvalue weighted by Gasteiger charge is 2.26. The van der Waals surface area contributed by atoms with E-state index < -0.39 is 20.0 Å². The summed E-state index contributed by atoms with van der Waals surface area (Å²) in [6.45, 7) is 0. The van der Waals surface area contributed by atoms with Crippen LogP contribution in [0.5, 0.6) is 0 Å². The maximum Gasteiger partial charge on any atom is 0.269 e. The largest absolute Gasteiger partial charge is 0.400 e. The van der Waals surface area contributed by atoms with Crippen LogP contribution >= 0.6 is 0 Å². The zero-order valence-electron chi connectivity index (χ0n) is 33.6. The lowest BCUT2D eigenvalue weighted by molar-refractivity contribution is 0.399. The van der Waals surface area contributed by atoms with E-state index in [1.54, 1.807) is 101 Å². The molecule has 0 saturated heterocycles. The summed E-state index contributed by atoms with van der Waals surface area (Å²) in [7, 11) is -2.82.